The summed E-state index contributed by atoms with van der Waals surface area (Å²) < 4.78 is 0. The minimum atomic E-state index is -0.0163. The lowest BCUT2D eigenvalue weighted by molar-refractivity contribution is 0.276. The average Bonchev–Trinajstić information content (AvgIpc) is 2.30. The number of thioether (sulfide) groups is 1. The van der Waals surface area contributed by atoms with Crippen LogP contribution in [-0.4, -0.2) is 26.6 Å². The second-order valence-electron chi connectivity index (χ2n) is 3.08. The normalized spacial score (nSPS) is 16.5. The van der Waals surface area contributed by atoms with Gasteiger partial charge in [0, 0.05) is 11.9 Å². The van der Waals surface area contributed by atoms with Gasteiger partial charge >= 0.3 is 0 Å². The van der Waals surface area contributed by atoms with E-state index in [4.69, 9.17) is 5.11 Å². The van der Waals surface area contributed by atoms with Crippen LogP contribution in [0.1, 0.15) is 17.9 Å². The van der Waals surface area contributed by atoms with E-state index in [0.717, 1.165) is 23.8 Å². The van der Waals surface area contributed by atoms with Crippen molar-refractivity contribution in [2.24, 2.45) is 0 Å². The van der Waals surface area contributed by atoms with E-state index in [1.54, 1.807) is 12.3 Å². The fourth-order valence-corrected chi connectivity index (χ4v) is 2.22. The maximum atomic E-state index is 8.95. The first-order valence-corrected chi connectivity index (χ1v) is 5.75. The van der Waals surface area contributed by atoms with E-state index in [1.807, 2.05) is 11.8 Å². The fraction of sp³-hybridized carbons (Fsp3) is 0.400. The van der Waals surface area contributed by atoms with E-state index in [9.17, 15) is 0 Å². The lowest BCUT2D eigenvalue weighted by Crippen LogP contribution is -2.02. The molecule has 1 aromatic rings. The summed E-state index contributed by atoms with van der Waals surface area (Å²) in [5.41, 5.74) is 1.90. The van der Waals surface area contributed by atoms with Crippen molar-refractivity contribution < 1.29 is 5.11 Å². The standard InChI is InChI=1S/C10H12N2OS/c13-7-9-1-4-11-10(12-9)8-2-5-14-6-3-8/h1-2,4,13H,3,5-7H2. The Balaban J connectivity index is 2.26. The van der Waals surface area contributed by atoms with Gasteiger partial charge in [-0.2, -0.15) is 11.8 Å². The van der Waals surface area contributed by atoms with Gasteiger partial charge in [0.15, 0.2) is 5.82 Å². The van der Waals surface area contributed by atoms with Crippen LogP contribution in [0.4, 0.5) is 0 Å². The largest absolute Gasteiger partial charge is 0.390 e. The van der Waals surface area contributed by atoms with Gasteiger partial charge in [-0.25, -0.2) is 9.97 Å². The van der Waals surface area contributed by atoms with Crippen LogP contribution in [-0.2, 0) is 6.61 Å². The van der Waals surface area contributed by atoms with E-state index < -0.39 is 0 Å². The molecule has 1 N–H and O–H groups in total. The van der Waals surface area contributed by atoms with Crippen LogP contribution < -0.4 is 0 Å². The number of rotatable bonds is 2. The minimum absolute atomic E-state index is 0.0163. The number of aliphatic hydroxyl groups is 1. The van der Waals surface area contributed by atoms with Gasteiger partial charge in [0.05, 0.1) is 12.3 Å². The molecule has 0 radical (unpaired) electrons. The van der Waals surface area contributed by atoms with E-state index >= 15 is 0 Å². The molecular formula is C10H12N2OS. The highest BCUT2D eigenvalue weighted by Gasteiger charge is 2.09. The number of allylic oxidation sites excluding steroid dienone is 1. The molecule has 3 nitrogen and oxygen atoms in total. The van der Waals surface area contributed by atoms with Gasteiger partial charge in [0.25, 0.3) is 0 Å². The van der Waals surface area contributed by atoms with Crippen LogP contribution in [0.15, 0.2) is 18.3 Å². The molecule has 74 valence electrons. The third-order valence-corrected chi connectivity index (χ3v) is 3.02. The summed E-state index contributed by atoms with van der Waals surface area (Å²) >= 11 is 1.92. The Hall–Kier alpha value is -0.870. The molecule has 14 heavy (non-hydrogen) atoms. The summed E-state index contributed by atoms with van der Waals surface area (Å²) in [7, 11) is 0. The van der Waals surface area contributed by atoms with Crippen molar-refractivity contribution >= 4 is 17.3 Å². The Morgan fingerprint density at radius 3 is 3.14 bits per heavy atom. The Morgan fingerprint density at radius 1 is 1.50 bits per heavy atom. The molecule has 2 heterocycles. The Morgan fingerprint density at radius 2 is 2.43 bits per heavy atom. The number of aromatic nitrogens is 2. The molecule has 0 spiro atoms. The lowest BCUT2D eigenvalue weighted by atomic mass is 10.2. The predicted molar refractivity (Wildman–Crippen MR) is 57.9 cm³/mol. The topological polar surface area (TPSA) is 46.0 Å². The Bertz CT molecular complexity index is 352. The average molecular weight is 208 g/mol. The zero-order valence-corrected chi connectivity index (χ0v) is 8.63. The second-order valence-corrected chi connectivity index (χ2v) is 4.23. The zero-order valence-electron chi connectivity index (χ0n) is 7.81. The van der Waals surface area contributed by atoms with Crippen LogP contribution in [0.5, 0.6) is 0 Å². The Labute approximate surface area is 87.3 Å². The van der Waals surface area contributed by atoms with Gasteiger partial charge in [-0.15, -0.1) is 0 Å². The zero-order chi connectivity index (χ0) is 9.80. The lowest BCUT2D eigenvalue weighted by Gasteiger charge is -2.11. The van der Waals surface area contributed by atoms with Gasteiger partial charge in [-0.1, -0.05) is 6.08 Å². The highest BCUT2D eigenvalue weighted by Crippen LogP contribution is 2.23. The third kappa shape index (κ3) is 2.13. The monoisotopic (exact) mass is 208 g/mol. The fourth-order valence-electron chi connectivity index (χ4n) is 1.37. The number of hydrogen-bond acceptors (Lipinski definition) is 4. The predicted octanol–water partition coefficient (Wildman–Crippen LogP) is 1.49. The molecule has 0 fully saturated rings. The Kier molecular flexibility index (Phi) is 3.16. The highest BCUT2D eigenvalue weighted by atomic mass is 32.2. The van der Waals surface area contributed by atoms with Gasteiger partial charge in [0.1, 0.15) is 0 Å². The van der Waals surface area contributed by atoms with E-state index in [0.29, 0.717) is 5.69 Å². The van der Waals surface area contributed by atoms with Crippen LogP contribution >= 0.6 is 11.8 Å². The van der Waals surface area contributed by atoms with E-state index in [-0.39, 0.29) is 6.61 Å². The smallest absolute Gasteiger partial charge is 0.155 e. The summed E-state index contributed by atoms with van der Waals surface area (Å²) in [6.45, 7) is -0.0163. The van der Waals surface area contributed by atoms with Crippen molar-refractivity contribution in [1.82, 2.24) is 9.97 Å². The van der Waals surface area contributed by atoms with Crippen molar-refractivity contribution in [2.45, 2.75) is 13.0 Å². The molecule has 0 unspecified atom stereocenters. The molecule has 2 rings (SSSR count). The molecule has 0 saturated heterocycles. The van der Waals surface area contributed by atoms with Crippen molar-refractivity contribution in [1.29, 1.82) is 0 Å². The molecule has 0 aromatic carbocycles. The van der Waals surface area contributed by atoms with Crippen LogP contribution in [0.25, 0.3) is 5.57 Å². The number of nitrogens with zero attached hydrogens (tertiary/aromatic N) is 2. The van der Waals surface area contributed by atoms with Crippen LogP contribution in [0.3, 0.4) is 0 Å². The molecule has 1 aliphatic heterocycles. The van der Waals surface area contributed by atoms with Crippen LogP contribution in [0, 0.1) is 0 Å². The molecule has 1 aromatic heterocycles. The quantitative estimate of drug-likeness (QED) is 0.800. The third-order valence-electron chi connectivity index (χ3n) is 2.13. The maximum Gasteiger partial charge on any atom is 0.155 e. The first kappa shape index (κ1) is 9.68. The summed E-state index contributed by atoms with van der Waals surface area (Å²) in [6.07, 6.45) is 4.90. The maximum absolute atomic E-state index is 8.95. The summed E-state index contributed by atoms with van der Waals surface area (Å²) in [5.74, 6) is 2.96. The van der Waals surface area contributed by atoms with Crippen molar-refractivity contribution in [3.63, 3.8) is 0 Å². The van der Waals surface area contributed by atoms with Gasteiger partial charge < -0.3 is 5.11 Å². The van der Waals surface area contributed by atoms with Gasteiger partial charge in [-0.3, -0.25) is 0 Å². The van der Waals surface area contributed by atoms with E-state index in [2.05, 4.69) is 16.0 Å². The molecule has 1 aliphatic rings. The number of aliphatic hydroxyl groups excluding tert-OH is 1. The van der Waals surface area contributed by atoms with Crippen molar-refractivity contribution in [3.05, 3.63) is 29.9 Å². The summed E-state index contributed by atoms with van der Waals surface area (Å²) in [5, 5.41) is 8.95. The first-order chi connectivity index (χ1) is 6.90. The molecular weight excluding hydrogens is 196 g/mol. The minimum Gasteiger partial charge on any atom is -0.390 e. The summed E-state index contributed by atoms with van der Waals surface area (Å²) in [4.78, 5) is 8.49. The highest BCUT2D eigenvalue weighted by molar-refractivity contribution is 7.99. The molecule has 0 saturated carbocycles. The van der Waals surface area contributed by atoms with Gasteiger partial charge in [0.2, 0.25) is 0 Å². The first-order valence-electron chi connectivity index (χ1n) is 4.60. The van der Waals surface area contributed by atoms with Crippen molar-refractivity contribution in [2.75, 3.05) is 11.5 Å². The number of hydrogen-bond donors (Lipinski definition) is 1. The SMILES string of the molecule is OCc1ccnc(C2=CCSCC2)n1. The van der Waals surface area contributed by atoms with Crippen LogP contribution in [0.2, 0.25) is 0 Å². The molecule has 0 bridgehead atoms. The van der Waals surface area contributed by atoms with E-state index in [1.165, 1.54) is 5.57 Å². The molecule has 4 heteroatoms. The molecule has 0 amide bonds. The van der Waals surface area contributed by atoms with Gasteiger partial charge in [-0.05, 0) is 23.8 Å². The van der Waals surface area contributed by atoms with Crippen molar-refractivity contribution in [3.8, 4) is 0 Å². The molecule has 0 atom stereocenters. The second kappa shape index (κ2) is 4.57. The molecule has 0 aliphatic carbocycles. The summed E-state index contributed by atoms with van der Waals surface area (Å²) in [6, 6.07) is 1.74.